The van der Waals surface area contributed by atoms with E-state index in [4.69, 9.17) is 16.7 Å². The molecule has 0 heterocycles. The predicted octanol–water partition coefficient (Wildman–Crippen LogP) is 3.01. The number of hydrogen-bond donors (Lipinski definition) is 1. The summed E-state index contributed by atoms with van der Waals surface area (Å²) in [6.45, 7) is 4.03. The molecule has 0 fully saturated rings. The average Bonchev–Trinajstić information content (AvgIpc) is 2.36. The van der Waals surface area contributed by atoms with Gasteiger partial charge in [-0.3, -0.25) is 4.90 Å². The smallest absolute Gasteiger partial charge is 0.0445 e. The zero-order valence-corrected chi connectivity index (χ0v) is 11.0. The van der Waals surface area contributed by atoms with Gasteiger partial charge in [-0.25, -0.2) is 0 Å². The van der Waals surface area contributed by atoms with Gasteiger partial charge in [0, 0.05) is 31.3 Å². The van der Waals surface area contributed by atoms with Crippen LogP contribution in [0.1, 0.15) is 18.9 Å². The van der Waals surface area contributed by atoms with Gasteiger partial charge in [-0.2, -0.15) is 0 Å². The second-order valence-corrected chi connectivity index (χ2v) is 4.39. The molecule has 0 amide bonds. The minimum Gasteiger partial charge on any atom is -0.396 e. The van der Waals surface area contributed by atoms with E-state index in [0.717, 1.165) is 19.5 Å². The van der Waals surface area contributed by atoms with Crippen LogP contribution >= 0.6 is 11.6 Å². The number of nitrogens with zero attached hydrogens (tertiary/aromatic N) is 1. The van der Waals surface area contributed by atoms with Crippen LogP contribution in [0.3, 0.4) is 0 Å². The Bertz CT molecular complexity index is 326. The molecule has 0 saturated carbocycles. The van der Waals surface area contributed by atoms with Gasteiger partial charge in [-0.1, -0.05) is 48.0 Å². The summed E-state index contributed by atoms with van der Waals surface area (Å²) in [4.78, 5) is 2.30. The molecule has 0 spiro atoms. The first-order valence-electron chi connectivity index (χ1n) is 5.92. The van der Waals surface area contributed by atoms with Gasteiger partial charge in [-0.05, 0) is 18.9 Å². The lowest BCUT2D eigenvalue weighted by Crippen LogP contribution is -2.33. The summed E-state index contributed by atoms with van der Waals surface area (Å²) in [5.74, 6) is 0. The molecule has 1 unspecified atom stereocenters. The molecule has 0 bridgehead atoms. The number of aliphatic hydroxyl groups is 1. The number of benzene rings is 1. The van der Waals surface area contributed by atoms with Crippen LogP contribution < -0.4 is 0 Å². The predicted molar refractivity (Wildman–Crippen MR) is 73.0 cm³/mol. The maximum Gasteiger partial charge on any atom is 0.0445 e. The Kier molecular flexibility index (Phi) is 6.94. The zero-order valence-electron chi connectivity index (χ0n) is 10.2. The van der Waals surface area contributed by atoms with Crippen LogP contribution in [-0.4, -0.2) is 29.2 Å². The van der Waals surface area contributed by atoms with Crippen molar-refractivity contribution in [2.24, 2.45) is 0 Å². The Balaban J connectivity index is 2.62. The molecule has 2 nitrogen and oxygen atoms in total. The third-order valence-electron chi connectivity index (χ3n) is 2.83. The van der Waals surface area contributed by atoms with Gasteiger partial charge in [0.15, 0.2) is 0 Å². The average molecular weight is 254 g/mol. The molecule has 1 rings (SSSR count). The Morgan fingerprint density at radius 1 is 1.35 bits per heavy atom. The molecular formula is C14H20ClNO. The van der Waals surface area contributed by atoms with Gasteiger partial charge in [0.05, 0.1) is 0 Å². The van der Waals surface area contributed by atoms with Crippen molar-refractivity contribution >= 4 is 11.6 Å². The second-order valence-electron chi connectivity index (χ2n) is 4.14. The number of rotatable bonds is 7. The van der Waals surface area contributed by atoms with E-state index in [9.17, 15) is 0 Å². The summed E-state index contributed by atoms with van der Waals surface area (Å²) in [7, 11) is 0. The summed E-state index contributed by atoms with van der Waals surface area (Å²) < 4.78 is 0. The molecule has 0 aromatic heterocycles. The molecule has 1 aromatic carbocycles. The first-order valence-corrected chi connectivity index (χ1v) is 6.35. The van der Waals surface area contributed by atoms with Gasteiger partial charge in [0.1, 0.15) is 0 Å². The highest BCUT2D eigenvalue weighted by atomic mass is 35.5. The molecule has 0 aliphatic rings. The van der Waals surface area contributed by atoms with Crippen LogP contribution in [0, 0.1) is 0 Å². The largest absolute Gasteiger partial charge is 0.396 e. The molecule has 94 valence electrons. The fraction of sp³-hybridized carbons (Fsp3) is 0.429. The first-order chi connectivity index (χ1) is 8.27. The highest BCUT2D eigenvalue weighted by Crippen LogP contribution is 2.10. The monoisotopic (exact) mass is 253 g/mol. The number of hydrogen-bond acceptors (Lipinski definition) is 2. The van der Waals surface area contributed by atoms with E-state index in [2.05, 4.69) is 24.0 Å². The number of aliphatic hydroxyl groups excluding tert-OH is 1. The normalized spacial score (nSPS) is 13.4. The van der Waals surface area contributed by atoms with E-state index in [1.165, 1.54) is 5.56 Å². The van der Waals surface area contributed by atoms with E-state index in [-0.39, 0.29) is 6.61 Å². The minimum atomic E-state index is 0.219. The second kappa shape index (κ2) is 8.29. The Morgan fingerprint density at radius 2 is 2.06 bits per heavy atom. The molecule has 0 saturated heterocycles. The lowest BCUT2D eigenvalue weighted by Gasteiger charge is -2.27. The summed E-state index contributed by atoms with van der Waals surface area (Å²) in [6, 6.07) is 10.7. The lowest BCUT2D eigenvalue weighted by molar-refractivity contribution is 0.175. The number of halogens is 1. The molecule has 1 N–H and O–H groups in total. The van der Waals surface area contributed by atoms with Crippen LogP contribution in [0.5, 0.6) is 0 Å². The van der Waals surface area contributed by atoms with E-state index in [1.807, 2.05) is 24.3 Å². The summed E-state index contributed by atoms with van der Waals surface area (Å²) >= 11 is 5.57. The van der Waals surface area contributed by atoms with Crippen LogP contribution in [0.15, 0.2) is 41.9 Å². The van der Waals surface area contributed by atoms with Gasteiger partial charge in [-0.15, -0.1) is 0 Å². The van der Waals surface area contributed by atoms with Gasteiger partial charge >= 0.3 is 0 Å². The SMILES string of the molecule is CC(CCO)N(C/C=C/Cl)Cc1ccccc1. The first kappa shape index (κ1) is 14.2. The maximum absolute atomic E-state index is 9.01. The van der Waals surface area contributed by atoms with E-state index >= 15 is 0 Å². The third kappa shape index (κ3) is 5.35. The van der Waals surface area contributed by atoms with E-state index in [1.54, 1.807) is 5.54 Å². The molecule has 0 aliphatic carbocycles. The standard InChI is InChI=1S/C14H20ClNO/c1-13(8-11-17)16(10-5-9-15)12-14-6-3-2-4-7-14/h2-7,9,13,17H,8,10-12H2,1H3/b9-5+. The van der Waals surface area contributed by atoms with E-state index in [0.29, 0.717) is 6.04 Å². The Labute approximate surface area is 109 Å². The van der Waals surface area contributed by atoms with Crippen molar-refractivity contribution in [1.29, 1.82) is 0 Å². The summed E-state index contributed by atoms with van der Waals surface area (Å²) in [5.41, 5.74) is 2.82. The molecule has 3 heteroatoms. The fourth-order valence-electron chi connectivity index (χ4n) is 1.76. The molecular weight excluding hydrogens is 234 g/mol. The molecule has 0 radical (unpaired) electrons. The van der Waals surface area contributed by atoms with Crippen LogP contribution in [0.25, 0.3) is 0 Å². The van der Waals surface area contributed by atoms with Crippen molar-refractivity contribution in [2.45, 2.75) is 25.9 Å². The van der Waals surface area contributed by atoms with Crippen molar-refractivity contribution in [3.8, 4) is 0 Å². The lowest BCUT2D eigenvalue weighted by atomic mass is 10.1. The van der Waals surface area contributed by atoms with Crippen LogP contribution in [0.4, 0.5) is 0 Å². The highest BCUT2D eigenvalue weighted by molar-refractivity contribution is 6.25. The van der Waals surface area contributed by atoms with Crippen molar-refractivity contribution in [3.63, 3.8) is 0 Å². The third-order valence-corrected chi connectivity index (χ3v) is 3.01. The van der Waals surface area contributed by atoms with Crippen LogP contribution in [-0.2, 0) is 6.54 Å². The van der Waals surface area contributed by atoms with E-state index < -0.39 is 0 Å². The molecule has 17 heavy (non-hydrogen) atoms. The minimum absolute atomic E-state index is 0.219. The maximum atomic E-state index is 9.01. The summed E-state index contributed by atoms with van der Waals surface area (Å²) in [6.07, 6.45) is 2.71. The summed E-state index contributed by atoms with van der Waals surface area (Å²) in [5, 5.41) is 9.01. The van der Waals surface area contributed by atoms with Gasteiger partial charge in [0.2, 0.25) is 0 Å². The highest BCUT2D eigenvalue weighted by Gasteiger charge is 2.12. The molecule has 1 atom stereocenters. The fourth-order valence-corrected chi connectivity index (χ4v) is 1.84. The topological polar surface area (TPSA) is 23.5 Å². The van der Waals surface area contributed by atoms with Crippen molar-refractivity contribution in [2.75, 3.05) is 13.2 Å². The van der Waals surface area contributed by atoms with Crippen LogP contribution in [0.2, 0.25) is 0 Å². The van der Waals surface area contributed by atoms with Crippen molar-refractivity contribution in [3.05, 3.63) is 47.5 Å². The van der Waals surface area contributed by atoms with Gasteiger partial charge in [0.25, 0.3) is 0 Å². The van der Waals surface area contributed by atoms with Crippen molar-refractivity contribution in [1.82, 2.24) is 4.90 Å². The Morgan fingerprint density at radius 3 is 2.65 bits per heavy atom. The molecule has 1 aromatic rings. The molecule has 0 aliphatic heterocycles. The van der Waals surface area contributed by atoms with Crippen molar-refractivity contribution < 1.29 is 5.11 Å². The Hall–Kier alpha value is -0.830. The zero-order chi connectivity index (χ0) is 12.5. The van der Waals surface area contributed by atoms with Gasteiger partial charge < -0.3 is 5.11 Å². The quantitative estimate of drug-likeness (QED) is 0.808.